The van der Waals surface area contributed by atoms with E-state index in [-0.39, 0.29) is 0 Å². The van der Waals surface area contributed by atoms with E-state index in [0.717, 1.165) is 17.7 Å². The van der Waals surface area contributed by atoms with Crippen LogP contribution >= 0.6 is 0 Å². The summed E-state index contributed by atoms with van der Waals surface area (Å²) in [6.45, 7) is 3.74. The van der Waals surface area contributed by atoms with Gasteiger partial charge >= 0.3 is 0 Å². The summed E-state index contributed by atoms with van der Waals surface area (Å²) >= 11 is 0. The van der Waals surface area contributed by atoms with E-state index in [1.54, 1.807) is 22.7 Å². The zero-order valence-corrected chi connectivity index (χ0v) is 10.0. The first kappa shape index (κ1) is 10.7. The van der Waals surface area contributed by atoms with Crippen LogP contribution in [0.3, 0.4) is 0 Å². The molecule has 3 aromatic heterocycles. The first-order valence-corrected chi connectivity index (χ1v) is 5.57. The topological polar surface area (TPSA) is 60.4 Å². The number of rotatable bonds is 2. The Kier molecular flexibility index (Phi) is 2.26. The van der Waals surface area contributed by atoms with Crippen LogP contribution in [0.5, 0.6) is 0 Å². The number of imidazole rings is 1. The highest BCUT2D eigenvalue weighted by Crippen LogP contribution is 2.21. The van der Waals surface area contributed by atoms with Gasteiger partial charge in [0.2, 0.25) is 5.89 Å². The van der Waals surface area contributed by atoms with E-state index >= 15 is 0 Å². The Morgan fingerprint density at radius 2 is 2.11 bits per heavy atom. The Hall–Kier alpha value is -2.43. The molecule has 0 aliphatic carbocycles. The number of oxazole rings is 1. The maximum Gasteiger partial charge on any atom is 0.247 e. The Labute approximate surface area is 103 Å². The highest BCUT2D eigenvalue weighted by molar-refractivity contribution is 5.74. The number of carbonyl (C=O) groups excluding carboxylic acids is 1. The zero-order valence-electron chi connectivity index (χ0n) is 10.0. The van der Waals surface area contributed by atoms with E-state index < -0.39 is 0 Å². The molecule has 0 saturated heterocycles. The largest absolute Gasteiger partial charge is 0.440 e. The molecule has 0 radical (unpaired) electrons. The van der Waals surface area contributed by atoms with Crippen molar-refractivity contribution in [2.24, 2.45) is 0 Å². The van der Waals surface area contributed by atoms with Gasteiger partial charge in [-0.1, -0.05) is 6.07 Å². The third kappa shape index (κ3) is 1.52. The van der Waals surface area contributed by atoms with Gasteiger partial charge in [-0.15, -0.1) is 0 Å². The van der Waals surface area contributed by atoms with Gasteiger partial charge in [0.15, 0.2) is 6.29 Å². The summed E-state index contributed by atoms with van der Waals surface area (Å²) in [4.78, 5) is 19.6. The van der Waals surface area contributed by atoms with Crippen molar-refractivity contribution in [3.63, 3.8) is 0 Å². The lowest BCUT2D eigenvalue weighted by Crippen LogP contribution is -1.91. The molecule has 0 aromatic carbocycles. The van der Waals surface area contributed by atoms with Gasteiger partial charge < -0.3 is 4.42 Å². The molecule has 0 unspecified atom stereocenters. The molecule has 0 amide bonds. The summed E-state index contributed by atoms with van der Waals surface area (Å²) in [5.41, 5.74) is 2.72. The van der Waals surface area contributed by atoms with Crippen LogP contribution < -0.4 is 0 Å². The highest BCUT2D eigenvalue weighted by Gasteiger charge is 2.13. The Bertz CT molecular complexity index is 720. The van der Waals surface area contributed by atoms with Crippen LogP contribution in [0.4, 0.5) is 0 Å². The molecule has 0 fully saturated rings. The SMILES string of the molecule is Cc1nc(-c2cn3c(C=O)cccc3n2)oc1C. The predicted octanol–water partition coefficient (Wildman–Crippen LogP) is 2.42. The van der Waals surface area contributed by atoms with E-state index in [1.807, 2.05) is 19.9 Å². The van der Waals surface area contributed by atoms with Crippen molar-refractivity contribution in [1.82, 2.24) is 14.4 Å². The Balaban J connectivity index is 2.22. The fraction of sp³-hybridized carbons (Fsp3) is 0.154. The van der Waals surface area contributed by atoms with Gasteiger partial charge in [-0.05, 0) is 26.0 Å². The molecule has 3 rings (SSSR count). The first-order chi connectivity index (χ1) is 8.69. The summed E-state index contributed by atoms with van der Waals surface area (Å²) in [5, 5.41) is 0. The minimum atomic E-state index is 0.477. The van der Waals surface area contributed by atoms with Crippen LogP contribution in [0.15, 0.2) is 28.8 Å². The van der Waals surface area contributed by atoms with Crippen LogP contribution in [0.2, 0.25) is 0 Å². The average Bonchev–Trinajstić information content (AvgIpc) is 2.93. The van der Waals surface area contributed by atoms with Crippen LogP contribution in [0.1, 0.15) is 21.9 Å². The van der Waals surface area contributed by atoms with Crippen molar-refractivity contribution in [2.45, 2.75) is 13.8 Å². The van der Waals surface area contributed by atoms with Crippen LogP contribution in [-0.4, -0.2) is 20.7 Å². The molecule has 0 bridgehead atoms. The van der Waals surface area contributed by atoms with Crippen molar-refractivity contribution in [3.05, 3.63) is 41.5 Å². The standard InChI is InChI=1S/C13H11N3O2/c1-8-9(2)18-13(14-8)11-6-16-10(7-17)4-3-5-12(16)15-11/h3-7H,1-2H3. The number of aldehydes is 1. The van der Waals surface area contributed by atoms with Gasteiger partial charge in [0.1, 0.15) is 17.1 Å². The smallest absolute Gasteiger partial charge is 0.247 e. The van der Waals surface area contributed by atoms with Crippen LogP contribution in [0.25, 0.3) is 17.2 Å². The highest BCUT2D eigenvalue weighted by atomic mass is 16.4. The van der Waals surface area contributed by atoms with Crippen molar-refractivity contribution < 1.29 is 9.21 Å². The summed E-state index contributed by atoms with van der Waals surface area (Å²) in [7, 11) is 0. The fourth-order valence-electron chi connectivity index (χ4n) is 1.81. The number of fused-ring (bicyclic) bond motifs is 1. The monoisotopic (exact) mass is 241 g/mol. The van der Waals surface area contributed by atoms with Crippen molar-refractivity contribution in [3.8, 4) is 11.6 Å². The zero-order chi connectivity index (χ0) is 12.7. The van der Waals surface area contributed by atoms with E-state index in [0.29, 0.717) is 22.9 Å². The Morgan fingerprint density at radius 3 is 2.78 bits per heavy atom. The summed E-state index contributed by atoms with van der Waals surface area (Å²) < 4.78 is 7.25. The van der Waals surface area contributed by atoms with Crippen molar-refractivity contribution in [2.75, 3.05) is 0 Å². The van der Waals surface area contributed by atoms with Gasteiger partial charge in [0.05, 0.1) is 11.4 Å². The maximum atomic E-state index is 10.9. The first-order valence-electron chi connectivity index (χ1n) is 5.57. The van der Waals surface area contributed by atoms with Crippen LogP contribution in [-0.2, 0) is 0 Å². The third-order valence-electron chi connectivity index (χ3n) is 2.89. The lowest BCUT2D eigenvalue weighted by molar-refractivity contribution is 0.111. The second kappa shape index (κ2) is 3.80. The number of hydrogen-bond donors (Lipinski definition) is 0. The molecule has 0 spiro atoms. The molecule has 5 heteroatoms. The normalized spacial score (nSPS) is 11.0. The molecule has 5 nitrogen and oxygen atoms in total. The molecule has 0 aliphatic heterocycles. The second-order valence-electron chi connectivity index (χ2n) is 4.08. The molecule has 90 valence electrons. The number of carbonyl (C=O) groups is 1. The molecule has 3 aromatic rings. The van der Waals surface area contributed by atoms with E-state index in [4.69, 9.17) is 4.42 Å². The van der Waals surface area contributed by atoms with Gasteiger partial charge in [0.25, 0.3) is 0 Å². The molecule has 0 N–H and O–H groups in total. The predicted molar refractivity (Wildman–Crippen MR) is 65.6 cm³/mol. The van der Waals surface area contributed by atoms with Gasteiger partial charge in [-0.25, -0.2) is 9.97 Å². The van der Waals surface area contributed by atoms with E-state index in [2.05, 4.69) is 9.97 Å². The lowest BCUT2D eigenvalue weighted by atomic mass is 10.3. The van der Waals surface area contributed by atoms with Gasteiger partial charge in [-0.2, -0.15) is 0 Å². The van der Waals surface area contributed by atoms with Gasteiger partial charge in [-0.3, -0.25) is 9.20 Å². The number of pyridine rings is 1. The lowest BCUT2D eigenvalue weighted by Gasteiger charge is -1.94. The minimum absolute atomic E-state index is 0.477. The minimum Gasteiger partial charge on any atom is -0.440 e. The molecule has 0 atom stereocenters. The van der Waals surface area contributed by atoms with E-state index in [9.17, 15) is 4.79 Å². The third-order valence-corrected chi connectivity index (χ3v) is 2.89. The molecule has 0 aliphatic rings. The average molecular weight is 241 g/mol. The molecular weight excluding hydrogens is 230 g/mol. The van der Waals surface area contributed by atoms with Crippen molar-refractivity contribution in [1.29, 1.82) is 0 Å². The van der Waals surface area contributed by atoms with E-state index in [1.165, 1.54) is 0 Å². The number of hydrogen-bond acceptors (Lipinski definition) is 4. The summed E-state index contributed by atoms with van der Waals surface area (Å²) in [6.07, 6.45) is 2.55. The van der Waals surface area contributed by atoms with Gasteiger partial charge in [0, 0.05) is 6.20 Å². The number of nitrogens with zero attached hydrogens (tertiary/aromatic N) is 3. The van der Waals surface area contributed by atoms with Crippen molar-refractivity contribution >= 4 is 11.9 Å². The molecule has 18 heavy (non-hydrogen) atoms. The second-order valence-corrected chi connectivity index (χ2v) is 4.08. The molecule has 0 saturated carbocycles. The van der Waals surface area contributed by atoms with Crippen LogP contribution in [0, 0.1) is 13.8 Å². The maximum absolute atomic E-state index is 10.9. The molecular formula is C13H11N3O2. The summed E-state index contributed by atoms with van der Waals surface area (Å²) in [6, 6.07) is 5.36. The Morgan fingerprint density at radius 1 is 1.28 bits per heavy atom. The molecule has 3 heterocycles. The number of aromatic nitrogens is 3. The number of aryl methyl sites for hydroxylation is 2. The fourth-order valence-corrected chi connectivity index (χ4v) is 1.81. The quantitative estimate of drug-likeness (QED) is 0.646. The summed E-state index contributed by atoms with van der Waals surface area (Å²) in [5.74, 6) is 1.25.